The van der Waals surface area contributed by atoms with E-state index in [4.69, 9.17) is 19.3 Å². The molecule has 0 radical (unpaired) electrons. The van der Waals surface area contributed by atoms with Crippen LogP contribution in [-0.2, 0) is 23.8 Å². The quantitative estimate of drug-likeness (QED) is 0.122. The third kappa shape index (κ3) is 9.20. The summed E-state index contributed by atoms with van der Waals surface area (Å²) in [6, 6.07) is 0. The number of hydrogen-bond donors (Lipinski definition) is 5. The van der Waals surface area contributed by atoms with Gasteiger partial charge in [-0.3, -0.25) is 9.59 Å². The predicted molar refractivity (Wildman–Crippen MR) is 125 cm³/mol. The third-order valence-electron chi connectivity index (χ3n) is 6.67. The number of esters is 1. The summed E-state index contributed by atoms with van der Waals surface area (Å²) >= 11 is 0. The van der Waals surface area contributed by atoms with Crippen molar-refractivity contribution in [1.82, 2.24) is 0 Å². The lowest BCUT2D eigenvalue weighted by atomic mass is 9.88. The molecule has 0 bridgehead atoms. The van der Waals surface area contributed by atoms with Crippen LogP contribution in [0.4, 0.5) is 0 Å². The fourth-order valence-corrected chi connectivity index (χ4v) is 4.60. The number of aliphatic hydroxyl groups excluding tert-OH is 5. The Morgan fingerprint density at radius 3 is 2.51 bits per heavy atom. The zero-order valence-corrected chi connectivity index (χ0v) is 20.5. The molecule has 0 aromatic carbocycles. The highest BCUT2D eigenvalue weighted by Crippen LogP contribution is 2.34. The van der Waals surface area contributed by atoms with Crippen molar-refractivity contribution in [2.24, 2.45) is 11.8 Å². The van der Waals surface area contributed by atoms with Crippen LogP contribution in [0, 0.1) is 11.8 Å². The topological polar surface area (TPSA) is 163 Å². The van der Waals surface area contributed by atoms with Crippen molar-refractivity contribution in [3.63, 3.8) is 0 Å². The molecule has 0 aromatic heterocycles. The maximum absolute atomic E-state index is 12.2. The molecule has 1 aliphatic carbocycles. The van der Waals surface area contributed by atoms with Crippen molar-refractivity contribution in [3.05, 3.63) is 12.2 Å². The molecular weight excluding hydrogens is 460 g/mol. The Morgan fingerprint density at radius 2 is 1.80 bits per heavy atom. The minimum atomic E-state index is -1.52. The van der Waals surface area contributed by atoms with Gasteiger partial charge in [0.05, 0.1) is 19.3 Å². The van der Waals surface area contributed by atoms with Gasteiger partial charge in [0.2, 0.25) is 0 Å². The molecule has 1 saturated carbocycles. The molecule has 10 heteroatoms. The van der Waals surface area contributed by atoms with E-state index in [1.54, 1.807) is 0 Å². The summed E-state index contributed by atoms with van der Waals surface area (Å²) in [5.41, 5.74) is 0. The van der Waals surface area contributed by atoms with E-state index >= 15 is 0 Å². The van der Waals surface area contributed by atoms with Crippen LogP contribution in [0.3, 0.4) is 0 Å². The summed E-state index contributed by atoms with van der Waals surface area (Å²) in [6.07, 6.45) is 3.15. The number of ketones is 1. The Hall–Kier alpha value is -1.40. The first-order valence-electron chi connectivity index (χ1n) is 12.7. The molecule has 0 amide bonds. The molecule has 0 spiro atoms. The first kappa shape index (κ1) is 29.8. The molecular formula is C25H42O10. The third-order valence-corrected chi connectivity index (χ3v) is 6.67. The summed E-state index contributed by atoms with van der Waals surface area (Å²) in [4.78, 5) is 24.1. The molecule has 202 valence electrons. The second kappa shape index (κ2) is 15.7. The molecule has 2 aliphatic rings. The average molecular weight is 503 g/mol. The highest BCUT2D eigenvalue weighted by molar-refractivity contribution is 5.84. The summed E-state index contributed by atoms with van der Waals surface area (Å²) in [5, 5.41) is 48.7. The van der Waals surface area contributed by atoms with E-state index in [-0.39, 0.29) is 49.6 Å². The monoisotopic (exact) mass is 502 g/mol. The van der Waals surface area contributed by atoms with Gasteiger partial charge in [0.15, 0.2) is 6.29 Å². The van der Waals surface area contributed by atoms with Crippen LogP contribution >= 0.6 is 0 Å². The van der Waals surface area contributed by atoms with Crippen LogP contribution in [0.25, 0.3) is 0 Å². The minimum absolute atomic E-state index is 0.0626. The first-order valence-corrected chi connectivity index (χ1v) is 12.7. The van der Waals surface area contributed by atoms with Gasteiger partial charge in [-0.25, -0.2) is 0 Å². The molecule has 1 saturated heterocycles. The molecule has 1 heterocycles. The van der Waals surface area contributed by atoms with E-state index in [1.807, 2.05) is 6.08 Å². The van der Waals surface area contributed by atoms with Crippen molar-refractivity contribution >= 4 is 11.8 Å². The van der Waals surface area contributed by atoms with Gasteiger partial charge in [-0.05, 0) is 19.3 Å². The highest BCUT2D eigenvalue weighted by Gasteiger charge is 2.44. The standard InChI is InChI=1S/C25H42O10/c1-2-3-6-9-16-17(19(28)14-18(16)27)10-7-4-5-8-11-21(29)33-12-13-34-25-24(32)23(31)22(30)20(15-26)35-25/h6,9,16-18,20,22-27,30-32H,2-5,7-8,10-15H2,1H3/t16?,17?,18?,20-,22-,23+,24-,25?/m1/s1. The zero-order valence-electron chi connectivity index (χ0n) is 20.5. The van der Waals surface area contributed by atoms with Crippen LogP contribution in [0.15, 0.2) is 12.2 Å². The summed E-state index contributed by atoms with van der Waals surface area (Å²) < 4.78 is 15.6. The van der Waals surface area contributed by atoms with Crippen molar-refractivity contribution in [2.45, 2.75) is 102 Å². The van der Waals surface area contributed by atoms with Gasteiger partial charge in [0.25, 0.3) is 0 Å². The lowest BCUT2D eigenvalue weighted by Gasteiger charge is -2.39. The minimum Gasteiger partial charge on any atom is -0.463 e. The van der Waals surface area contributed by atoms with Gasteiger partial charge in [0.1, 0.15) is 36.8 Å². The maximum Gasteiger partial charge on any atom is 0.305 e. The van der Waals surface area contributed by atoms with Crippen LogP contribution in [-0.4, -0.2) is 93.9 Å². The Labute approximate surface area is 206 Å². The normalized spacial score (nSPS) is 33.5. The maximum atomic E-state index is 12.2. The summed E-state index contributed by atoms with van der Waals surface area (Å²) in [6.45, 7) is 1.40. The molecule has 1 aliphatic heterocycles. The molecule has 10 nitrogen and oxygen atoms in total. The Morgan fingerprint density at radius 1 is 1.06 bits per heavy atom. The van der Waals surface area contributed by atoms with Crippen molar-refractivity contribution in [2.75, 3.05) is 19.8 Å². The Bertz CT molecular complexity index is 667. The van der Waals surface area contributed by atoms with Crippen molar-refractivity contribution < 1.29 is 49.3 Å². The molecule has 4 unspecified atom stereocenters. The van der Waals surface area contributed by atoms with E-state index in [0.717, 1.165) is 38.5 Å². The van der Waals surface area contributed by atoms with Gasteiger partial charge in [-0.1, -0.05) is 44.8 Å². The van der Waals surface area contributed by atoms with E-state index in [9.17, 15) is 30.0 Å². The summed E-state index contributed by atoms with van der Waals surface area (Å²) in [7, 11) is 0. The van der Waals surface area contributed by atoms with Crippen molar-refractivity contribution in [1.29, 1.82) is 0 Å². The lowest BCUT2D eigenvalue weighted by Crippen LogP contribution is -2.59. The molecule has 0 aromatic rings. The fraction of sp³-hybridized carbons (Fsp3) is 0.840. The Balaban J connectivity index is 1.55. The number of ether oxygens (including phenoxy) is 3. The number of rotatable bonds is 15. The zero-order chi connectivity index (χ0) is 25.8. The lowest BCUT2D eigenvalue weighted by molar-refractivity contribution is -0.302. The number of allylic oxidation sites excluding steroid dienone is 1. The SMILES string of the molecule is CCCC=CC1C(O)CC(=O)C1CCCCCCC(=O)OCCOC1O[C@H](CO)[C@@H](O)[C@H](O)[C@H]1O. The van der Waals surface area contributed by atoms with Gasteiger partial charge in [0, 0.05) is 24.7 Å². The van der Waals surface area contributed by atoms with Crippen molar-refractivity contribution in [3.8, 4) is 0 Å². The van der Waals surface area contributed by atoms with E-state index < -0.39 is 43.4 Å². The van der Waals surface area contributed by atoms with E-state index in [2.05, 4.69) is 13.0 Å². The van der Waals surface area contributed by atoms with Gasteiger partial charge in [-0.15, -0.1) is 0 Å². The molecule has 2 fully saturated rings. The number of hydrogen-bond acceptors (Lipinski definition) is 10. The number of carbonyl (C=O) groups is 2. The number of aliphatic hydroxyl groups is 5. The number of Topliss-reactive ketones (excluding diaryl/α,β-unsaturated/α-hetero) is 1. The molecule has 8 atom stereocenters. The number of carbonyl (C=O) groups excluding carboxylic acids is 2. The van der Waals surface area contributed by atoms with Crippen LogP contribution < -0.4 is 0 Å². The largest absolute Gasteiger partial charge is 0.463 e. The van der Waals surface area contributed by atoms with Gasteiger partial charge >= 0.3 is 5.97 Å². The first-order chi connectivity index (χ1) is 16.8. The van der Waals surface area contributed by atoms with Crippen LogP contribution in [0.2, 0.25) is 0 Å². The van der Waals surface area contributed by atoms with E-state index in [1.165, 1.54) is 0 Å². The molecule has 5 N–H and O–H groups in total. The fourth-order valence-electron chi connectivity index (χ4n) is 4.60. The summed E-state index contributed by atoms with van der Waals surface area (Å²) in [5.74, 6) is -0.447. The van der Waals surface area contributed by atoms with Crippen LogP contribution in [0.5, 0.6) is 0 Å². The smallest absolute Gasteiger partial charge is 0.305 e. The molecule has 35 heavy (non-hydrogen) atoms. The predicted octanol–water partition coefficient (Wildman–Crippen LogP) is 0.609. The number of unbranched alkanes of at least 4 members (excludes halogenated alkanes) is 4. The second-order valence-electron chi connectivity index (χ2n) is 9.38. The van der Waals surface area contributed by atoms with E-state index in [0.29, 0.717) is 6.42 Å². The average Bonchev–Trinajstić information content (AvgIpc) is 3.10. The molecule has 2 rings (SSSR count). The van der Waals surface area contributed by atoms with Crippen LogP contribution in [0.1, 0.15) is 64.7 Å². The second-order valence-corrected chi connectivity index (χ2v) is 9.38. The van der Waals surface area contributed by atoms with Gasteiger partial charge < -0.3 is 39.7 Å². The Kier molecular flexibility index (Phi) is 13.3. The highest BCUT2D eigenvalue weighted by atomic mass is 16.7. The van der Waals surface area contributed by atoms with Gasteiger partial charge in [-0.2, -0.15) is 0 Å².